The van der Waals surface area contributed by atoms with Crippen molar-refractivity contribution in [3.8, 4) is 11.5 Å². The zero-order valence-electron chi connectivity index (χ0n) is 11.0. The lowest BCUT2D eigenvalue weighted by Crippen LogP contribution is -2.13. The van der Waals surface area contributed by atoms with E-state index >= 15 is 0 Å². The van der Waals surface area contributed by atoms with Crippen LogP contribution in [0.5, 0.6) is 11.5 Å². The predicted octanol–water partition coefficient (Wildman–Crippen LogP) is 3.06. The molecule has 0 saturated heterocycles. The molecule has 0 amide bonds. The van der Waals surface area contributed by atoms with Crippen molar-refractivity contribution in [3.63, 3.8) is 0 Å². The van der Waals surface area contributed by atoms with E-state index in [1.54, 1.807) is 12.1 Å². The average Bonchev–Trinajstić information content (AvgIpc) is 2.46. The number of nitrogens with two attached hydrogens (primary N) is 1. The van der Waals surface area contributed by atoms with Crippen LogP contribution in [0.3, 0.4) is 0 Å². The summed E-state index contributed by atoms with van der Waals surface area (Å²) >= 11 is 4.67. The predicted molar refractivity (Wildman–Crippen MR) is 79.7 cm³/mol. The molecule has 3 nitrogen and oxygen atoms in total. The van der Waals surface area contributed by atoms with Gasteiger partial charge in [-0.3, -0.25) is 0 Å². The largest absolute Gasteiger partial charge is 0.490 e. The van der Waals surface area contributed by atoms with E-state index in [0.29, 0.717) is 5.75 Å². The molecule has 2 aromatic carbocycles. The number of ether oxygens (including phenoxy) is 2. The first-order chi connectivity index (χ1) is 10.1. The Balaban J connectivity index is 1.93. The van der Waals surface area contributed by atoms with Crippen LogP contribution in [0.2, 0.25) is 0 Å². The lowest BCUT2D eigenvalue weighted by atomic mass is 10.2. The summed E-state index contributed by atoms with van der Waals surface area (Å²) in [6, 6.07) is 11.1. The van der Waals surface area contributed by atoms with Gasteiger partial charge in [0, 0.05) is 5.56 Å². The highest BCUT2D eigenvalue weighted by Crippen LogP contribution is 2.23. The minimum Gasteiger partial charge on any atom is -0.490 e. The third-order valence-electron chi connectivity index (χ3n) is 2.62. The zero-order valence-corrected chi connectivity index (χ0v) is 11.8. The van der Waals surface area contributed by atoms with Gasteiger partial charge in [0.25, 0.3) is 0 Å². The van der Waals surface area contributed by atoms with E-state index in [9.17, 15) is 8.78 Å². The summed E-state index contributed by atoms with van der Waals surface area (Å²) in [4.78, 5) is -0.0771. The van der Waals surface area contributed by atoms with Crippen molar-refractivity contribution in [1.29, 1.82) is 0 Å². The Kier molecular flexibility index (Phi) is 5.05. The highest BCUT2D eigenvalue weighted by Gasteiger charge is 2.13. The van der Waals surface area contributed by atoms with E-state index in [-0.39, 0.29) is 23.8 Å². The van der Waals surface area contributed by atoms with Crippen molar-refractivity contribution < 1.29 is 18.3 Å². The molecule has 0 aromatic heterocycles. The monoisotopic (exact) mass is 309 g/mol. The van der Waals surface area contributed by atoms with Crippen molar-refractivity contribution >= 4 is 17.2 Å². The van der Waals surface area contributed by atoms with Gasteiger partial charge >= 0.3 is 0 Å². The highest BCUT2D eigenvalue weighted by atomic mass is 32.1. The van der Waals surface area contributed by atoms with Crippen LogP contribution in [0.15, 0.2) is 42.5 Å². The Morgan fingerprint density at radius 3 is 2.14 bits per heavy atom. The first-order valence-electron chi connectivity index (χ1n) is 6.17. The maximum atomic E-state index is 13.7. The van der Waals surface area contributed by atoms with Gasteiger partial charge in [0.1, 0.15) is 24.0 Å². The number of thiocarbonyl (C=S) groups is 1. The molecule has 2 N–H and O–H groups in total. The van der Waals surface area contributed by atoms with Crippen LogP contribution in [0, 0.1) is 11.6 Å². The van der Waals surface area contributed by atoms with Crippen LogP contribution < -0.4 is 15.2 Å². The second-order valence-electron chi connectivity index (χ2n) is 4.14. The van der Waals surface area contributed by atoms with Crippen LogP contribution in [0.4, 0.5) is 8.78 Å². The minimum atomic E-state index is -0.850. The summed E-state index contributed by atoms with van der Waals surface area (Å²) in [6.07, 6.45) is 0. The summed E-state index contributed by atoms with van der Waals surface area (Å²) in [5.41, 5.74) is 5.44. The molecule has 0 atom stereocenters. The van der Waals surface area contributed by atoms with Crippen molar-refractivity contribution in [1.82, 2.24) is 0 Å². The summed E-state index contributed by atoms with van der Waals surface area (Å²) in [7, 11) is 0. The number of hydrogen-bond acceptors (Lipinski definition) is 3. The zero-order chi connectivity index (χ0) is 15.2. The first kappa shape index (κ1) is 15.2. The number of para-hydroxylation sites is 1. The van der Waals surface area contributed by atoms with Gasteiger partial charge in [-0.2, -0.15) is 0 Å². The maximum absolute atomic E-state index is 13.7. The molecule has 0 bridgehead atoms. The average molecular weight is 309 g/mol. The summed E-state index contributed by atoms with van der Waals surface area (Å²) in [6.45, 7) is 0.176. The van der Waals surface area contributed by atoms with Crippen LogP contribution >= 0.6 is 12.2 Å². The third-order valence-corrected chi connectivity index (χ3v) is 2.86. The van der Waals surface area contributed by atoms with Gasteiger partial charge in [-0.25, -0.2) is 8.78 Å². The molecular weight excluding hydrogens is 296 g/mol. The Morgan fingerprint density at radius 1 is 1.00 bits per heavy atom. The molecule has 0 aliphatic heterocycles. The maximum Gasteiger partial charge on any atom is 0.190 e. The van der Waals surface area contributed by atoms with Gasteiger partial charge in [0.15, 0.2) is 17.4 Å². The molecule has 0 saturated carbocycles. The van der Waals surface area contributed by atoms with E-state index in [1.165, 1.54) is 0 Å². The van der Waals surface area contributed by atoms with Crippen LogP contribution in [-0.4, -0.2) is 18.2 Å². The van der Waals surface area contributed by atoms with Gasteiger partial charge in [0.05, 0.1) is 0 Å². The molecule has 0 fully saturated rings. The minimum absolute atomic E-state index is 0.00908. The molecule has 0 aliphatic rings. The lowest BCUT2D eigenvalue weighted by molar-refractivity contribution is 0.205. The van der Waals surface area contributed by atoms with Gasteiger partial charge in [0.2, 0.25) is 0 Å². The van der Waals surface area contributed by atoms with E-state index in [0.717, 1.165) is 12.1 Å². The molecule has 0 spiro atoms. The summed E-state index contributed by atoms with van der Waals surface area (Å²) in [5, 5.41) is 0. The number of halogens is 2. The molecule has 0 unspecified atom stereocenters. The fourth-order valence-corrected chi connectivity index (χ4v) is 1.78. The molecule has 6 heteroatoms. The fraction of sp³-hybridized carbons (Fsp3) is 0.133. The van der Waals surface area contributed by atoms with Crippen LogP contribution in [0.25, 0.3) is 0 Å². The second-order valence-corrected chi connectivity index (χ2v) is 4.58. The highest BCUT2D eigenvalue weighted by molar-refractivity contribution is 7.80. The molecule has 21 heavy (non-hydrogen) atoms. The van der Waals surface area contributed by atoms with E-state index in [4.69, 9.17) is 15.2 Å². The molecule has 110 valence electrons. The smallest absolute Gasteiger partial charge is 0.190 e. The molecular formula is C15H13F2NO2S. The standard InChI is InChI=1S/C15H13F2NO2S/c16-12-8-10(15(18)21)9-13(17)14(12)20-7-6-19-11-4-2-1-3-5-11/h1-5,8-9H,6-7H2,(H2,18,21). The SMILES string of the molecule is NC(=S)c1cc(F)c(OCCOc2ccccc2)c(F)c1. The molecule has 2 aromatic rings. The Morgan fingerprint density at radius 2 is 1.57 bits per heavy atom. The van der Waals surface area contributed by atoms with Gasteiger partial charge in [-0.05, 0) is 24.3 Å². The van der Waals surface area contributed by atoms with E-state index in [1.807, 2.05) is 18.2 Å². The topological polar surface area (TPSA) is 44.5 Å². The normalized spacial score (nSPS) is 10.2. The van der Waals surface area contributed by atoms with Crippen molar-refractivity contribution in [3.05, 3.63) is 59.7 Å². The van der Waals surface area contributed by atoms with Crippen LogP contribution in [0.1, 0.15) is 5.56 Å². The second kappa shape index (κ2) is 6.99. The Labute approximate surface area is 126 Å². The quantitative estimate of drug-likeness (QED) is 0.658. The summed E-state index contributed by atoms with van der Waals surface area (Å²) in [5.74, 6) is -1.51. The first-order valence-corrected chi connectivity index (χ1v) is 6.58. The van der Waals surface area contributed by atoms with Gasteiger partial charge in [-0.15, -0.1) is 0 Å². The van der Waals surface area contributed by atoms with Crippen LogP contribution in [-0.2, 0) is 0 Å². The molecule has 0 aliphatic carbocycles. The van der Waals surface area contributed by atoms with Crippen molar-refractivity contribution in [2.24, 2.45) is 5.73 Å². The molecule has 2 rings (SSSR count). The molecule has 0 radical (unpaired) electrons. The number of hydrogen-bond donors (Lipinski definition) is 1. The number of rotatable bonds is 6. The lowest BCUT2D eigenvalue weighted by Gasteiger charge is -2.10. The van der Waals surface area contributed by atoms with Gasteiger partial charge in [-0.1, -0.05) is 30.4 Å². The van der Waals surface area contributed by atoms with E-state index < -0.39 is 17.4 Å². The van der Waals surface area contributed by atoms with Gasteiger partial charge < -0.3 is 15.2 Å². The van der Waals surface area contributed by atoms with Crippen molar-refractivity contribution in [2.45, 2.75) is 0 Å². The van der Waals surface area contributed by atoms with E-state index in [2.05, 4.69) is 12.2 Å². The number of benzene rings is 2. The Hall–Kier alpha value is -2.21. The third kappa shape index (κ3) is 4.13. The Bertz CT molecular complexity index is 612. The van der Waals surface area contributed by atoms with Crippen molar-refractivity contribution in [2.75, 3.05) is 13.2 Å². The molecule has 0 heterocycles. The fourth-order valence-electron chi connectivity index (χ4n) is 1.66. The summed E-state index contributed by atoms with van der Waals surface area (Å²) < 4.78 is 37.8.